The fourth-order valence-corrected chi connectivity index (χ4v) is 4.03. The number of aromatic nitrogens is 4. The fraction of sp³-hybridized carbons (Fsp3) is 0.182. The Morgan fingerprint density at radius 3 is 2.74 bits per heavy atom. The molecule has 7 nitrogen and oxygen atoms in total. The standard InChI is InChI=1S/C22H17ClFN5O2/c1-28-18-10-11-29(22(30)13-6-2-4-8-16(13)23)12-15(18)19(26-28)21-25-20(27-31-21)14-7-3-5-9-17(14)24/h2-9H,10-12H2,1H3. The maximum atomic E-state index is 14.1. The van der Waals surface area contributed by atoms with Gasteiger partial charge in [0.25, 0.3) is 11.8 Å². The third kappa shape index (κ3) is 3.38. The maximum absolute atomic E-state index is 14.1. The quantitative estimate of drug-likeness (QED) is 0.481. The number of aryl methyl sites for hydroxylation is 1. The van der Waals surface area contributed by atoms with E-state index in [2.05, 4.69) is 15.2 Å². The largest absolute Gasteiger partial charge is 0.334 e. The monoisotopic (exact) mass is 437 g/mol. The van der Waals surface area contributed by atoms with Gasteiger partial charge in [0.1, 0.15) is 5.82 Å². The van der Waals surface area contributed by atoms with Crippen LogP contribution in [-0.2, 0) is 20.0 Å². The molecule has 3 heterocycles. The summed E-state index contributed by atoms with van der Waals surface area (Å²) in [6, 6.07) is 13.2. The van der Waals surface area contributed by atoms with Crippen molar-refractivity contribution in [3.63, 3.8) is 0 Å². The summed E-state index contributed by atoms with van der Waals surface area (Å²) in [6.07, 6.45) is 0.628. The van der Waals surface area contributed by atoms with Crippen molar-refractivity contribution in [3.8, 4) is 23.0 Å². The van der Waals surface area contributed by atoms with Gasteiger partial charge in [0.2, 0.25) is 5.82 Å². The zero-order valence-electron chi connectivity index (χ0n) is 16.5. The van der Waals surface area contributed by atoms with Crippen LogP contribution in [0, 0.1) is 5.82 Å². The van der Waals surface area contributed by atoms with Gasteiger partial charge in [0.15, 0.2) is 5.69 Å². The molecule has 1 amide bonds. The third-order valence-corrected chi connectivity index (χ3v) is 5.71. The molecule has 0 saturated carbocycles. The SMILES string of the molecule is Cn1nc(-c2nc(-c3ccccc3F)no2)c2c1CCN(C(=O)c1ccccc1Cl)C2. The third-order valence-electron chi connectivity index (χ3n) is 5.38. The normalized spacial score (nSPS) is 13.3. The smallest absolute Gasteiger partial charge is 0.279 e. The molecule has 1 aliphatic heterocycles. The van der Waals surface area contributed by atoms with Crippen LogP contribution in [0.5, 0.6) is 0 Å². The van der Waals surface area contributed by atoms with Gasteiger partial charge in [0, 0.05) is 31.3 Å². The Morgan fingerprint density at radius 1 is 1.16 bits per heavy atom. The molecule has 0 aliphatic carbocycles. The lowest BCUT2D eigenvalue weighted by Gasteiger charge is -2.27. The first-order chi connectivity index (χ1) is 15.0. The zero-order valence-corrected chi connectivity index (χ0v) is 17.3. The first-order valence-corrected chi connectivity index (χ1v) is 10.1. The highest BCUT2D eigenvalue weighted by atomic mass is 35.5. The number of hydrogen-bond donors (Lipinski definition) is 0. The van der Waals surface area contributed by atoms with Crippen LogP contribution in [0.4, 0.5) is 4.39 Å². The van der Waals surface area contributed by atoms with Crippen LogP contribution in [0.1, 0.15) is 21.6 Å². The number of carbonyl (C=O) groups excluding carboxylic acids is 1. The van der Waals surface area contributed by atoms with Gasteiger partial charge in [-0.1, -0.05) is 41.0 Å². The minimum absolute atomic E-state index is 0.146. The van der Waals surface area contributed by atoms with Crippen molar-refractivity contribution in [1.29, 1.82) is 0 Å². The van der Waals surface area contributed by atoms with E-state index in [0.717, 1.165) is 11.3 Å². The number of amides is 1. The molecule has 0 unspecified atom stereocenters. The molecule has 31 heavy (non-hydrogen) atoms. The molecule has 9 heteroatoms. The van der Waals surface area contributed by atoms with Crippen LogP contribution >= 0.6 is 11.6 Å². The van der Waals surface area contributed by atoms with Gasteiger partial charge in [0.05, 0.1) is 22.7 Å². The van der Waals surface area contributed by atoms with Gasteiger partial charge in [-0.25, -0.2) is 4.39 Å². The first-order valence-electron chi connectivity index (χ1n) is 9.70. The van der Waals surface area contributed by atoms with Crippen molar-refractivity contribution in [3.05, 3.63) is 76.2 Å². The van der Waals surface area contributed by atoms with Gasteiger partial charge in [-0.05, 0) is 24.3 Å². The van der Waals surface area contributed by atoms with E-state index in [-0.39, 0.29) is 23.2 Å². The number of fused-ring (bicyclic) bond motifs is 1. The van der Waals surface area contributed by atoms with Gasteiger partial charge < -0.3 is 9.42 Å². The molecular formula is C22H17ClFN5O2. The minimum atomic E-state index is -0.436. The van der Waals surface area contributed by atoms with E-state index in [1.807, 2.05) is 7.05 Å². The van der Waals surface area contributed by atoms with Crippen LogP contribution in [0.15, 0.2) is 53.1 Å². The Labute approximate surface area is 182 Å². The Hall–Kier alpha value is -3.52. The van der Waals surface area contributed by atoms with Crippen LogP contribution in [0.3, 0.4) is 0 Å². The molecular weight excluding hydrogens is 421 g/mol. The number of halogens is 2. The number of carbonyl (C=O) groups is 1. The summed E-state index contributed by atoms with van der Waals surface area (Å²) >= 11 is 6.22. The van der Waals surface area contributed by atoms with Crippen LogP contribution < -0.4 is 0 Å². The molecule has 0 fully saturated rings. The average molecular weight is 438 g/mol. The average Bonchev–Trinajstić information content (AvgIpc) is 3.38. The van der Waals surface area contributed by atoms with E-state index in [4.69, 9.17) is 16.1 Å². The van der Waals surface area contributed by atoms with E-state index in [0.29, 0.717) is 35.8 Å². The van der Waals surface area contributed by atoms with Crippen LogP contribution in [-0.4, -0.2) is 37.3 Å². The van der Waals surface area contributed by atoms with E-state index < -0.39 is 5.82 Å². The summed E-state index contributed by atoms with van der Waals surface area (Å²) in [5.74, 6) is -0.257. The van der Waals surface area contributed by atoms with Crippen molar-refractivity contribution < 1.29 is 13.7 Å². The van der Waals surface area contributed by atoms with Crippen molar-refractivity contribution in [2.24, 2.45) is 7.05 Å². The van der Waals surface area contributed by atoms with Gasteiger partial charge in [-0.2, -0.15) is 10.1 Å². The van der Waals surface area contributed by atoms with Crippen molar-refractivity contribution in [1.82, 2.24) is 24.8 Å². The summed E-state index contributed by atoms with van der Waals surface area (Å²) in [4.78, 5) is 19.1. The van der Waals surface area contributed by atoms with Gasteiger partial charge in [-0.3, -0.25) is 9.48 Å². The molecule has 0 spiro atoms. The van der Waals surface area contributed by atoms with Gasteiger partial charge >= 0.3 is 0 Å². The topological polar surface area (TPSA) is 77.1 Å². The molecule has 2 aromatic carbocycles. The van der Waals surface area contributed by atoms with Crippen LogP contribution in [0.25, 0.3) is 23.0 Å². The van der Waals surface area contributed by atoms with Gasteiger partial charge in [-0.15, -0.1) is 0 Å². The lowest BCUT2D eigenvalue weighted by molar-refractivity contribution is 0.0734. The second-order valence-corrected chi connectivity index (χ2v) is 7.66. The zero-order chi connectivity index (χ0) is 21.5. The molecule has 1 aliphatic rings. The summed E-state index contributed by atoms with van der Waals surface area (Å²) in [5.41, 5.74) is 3.02. The highest BCUT2D eigenvalue weighted by molar-refractivity contribution is 6.33. The molecule has 5 rings (SSSR count). The predicted octanol–water partition coefficient (Wildman–Crippen LogP) is 4.13. The highest BCUT2D eigenvalue weighted by Gasteiger charge is 2.30. The number of hydrogen-bond acceptors (Lipinski definition) is 5. The Bertz CT molecular complexity index is 1300. The van der Waals surface area contributed by atoms with E-state index in [9.17, 15) is 9.18 Å². The Kier molecular flexibility index (Phi) is 4.78. The Morgan fingerprint density at radius 2 is 1.94 bits per heavy atom. The second kappa shape index (κ2) is 7.63. The lowest BCUT2D eigenvalue weighted by Crippen LogP contribution is -2.36. The molecule has 4 aromatic rings. The van der Waals surface area contributed by atoms with Crippen molar-refractivity contribution in [2.45, 2.75) is 13.0 Å². The predicted molar refractivity (Wildman–Crippen MR) is 112 cm³/mol. The first kappa shape index (κ1) is 19.4. The fourth-order valence-electron chi connectivity index (χ4n) is 3.81. The number of rotatable bonds is 3. The molecule has 0 N–H and O–H groups in total. The minimum Gasteiger partial charge on any atom is -0.334 e. The molecule has 156 valence electrons. The number of nitrogens with zero attached hydrogens (tertiary/aromatic N) is 5. The Balaban J connectivity index is 1.49. The summed E-state index contributed by atoms with van der Waals surface area (Å²) < 4.78 is 21.3. The van der Waals surface area contributed by atoms with E-state index in [1.54, 1.807) is 52.0 Å². The molecule has 0 saturated heterocycles. The summed E-state index contributed by atoms with van der Waals surface area (Å²) in [5, 5.41) is 8.87. The van der Waals surface area contributed by atoms with Crippen molar-refractivity contribution in [2.75, 3.05) is 6.54 Å². The maximum Gasteiger partial charge on any atom is 0.279 e. The van der Waals surface area contributed by atoms with E-state index in [1.165, 1.54) is 6.07 Å². The van der Waals surface area contributed by atoms with Crippen LogP contribution in [0.2, 0.25) is 5.02 Å². The summed E-state index contributed by atoms with van der Waals surface area (Å²) in [6.45, 7) is 0.875. The number of benzene rings is 2. The highest BCUT2D eigenvalue weighted by Crippen LogP contribution is 2.31. The second-order valence-electron chi connectivity index (χ2n) is 7.26. The van der Waals surface area contributed by atoms with E-state index >= 15 is 0 Å². The van der Waals surface area contributed by atoms with Crippen molar-refractivity contribution >= 4 is 17.5 Å². The molecule has 2 aromatic heterocycles. The lowest BCUT2D eigenvalue weighted by atomic mass is 10.0. The molecule has 0 atom stereocenters. The molecule has 0 bridgehead atoms. The molecule has 0 radical (unpaired) electrons. The summed E-state index contributed by atoms with van der Waals surface area (Å²) in [7, 11) is 1.84.